The Kier molecular flexibility index (Phi) is 5.30. The molecule has 0 amide bonds. The fourth-order valence-corrected chi connectivity index (χ4v) is 2.72. The minimum Gasteiger partial charge on any atom is -0.507 e. The molecule has 112 valence electrons. The monoisotopic (exact) mass is 277 g/mol. The minimum atomic E-state index is 0.352. The molecular formula is C17H27NO2. The van der Waals surface area contributed by atoms with Crippen LogP contribution in [0.3, 0.4) is 0 Å². The Bertz CT molecular complexity index is 433. The number of aromatic hydroxyl groups is 1. The Labute approximate surface area is 122 Å². The molecule has 1 heterocycles. The van der Waals surface area contributed by atoms with E-state index >= 15 is 0 Å². The quantitative estimate of drug-likeness (QED) is 0.891. The number of nitrogens with zero attached hydrogens (tertiary/aromatic N) is 1. The molecule has 1 aromatic rings. The molecule has 0 aromatic heterocycles. The number of ether oxygens (including phenoxy) is 1. The largest absolute Gasteiger partial charge is 0.507 e. The highest BCUT2D eigenvalue weighted by atomic mass is 16.5. The molecule has 0 spiro atoms. The standard InChI is InChI=1S/C17H27NO2/c1-4-9-20-16-6-5-15(17(19)10-16)12-18-8-7-13(2)14(3)11-18/h5-6,10,13-14,19H,4,7-9,11-12H2,1-3H3. The van der Waals surface area contributed by atoms with Crippen LogP contribution in [0.4, 0.5) is 0 Å². The predicted molar refractivity (Wildman–Crippen MR) is 82.1 cm³/mol. The van der Waals surface area contributed by atoms with Crippen molar-refractivity contribution in [2.75, 3.05) is 19.7 Å². The van der Waals surface area contributed by atoms with Gasteiger partial charge in [-0.1, -0.05) is 26.8 Å². The van der Waals surface area contributed by atoms with Crippen LogP contribution >= 0.6 is 0 Å². The molecular weight excluding hydrogens is 250 g/mol. The van der Waals surface area contributed by atoms with Crippen LogP contribution < -0.4 is 4.74 Å². The molecule has 0 aliphatic carbocycles. The fraction of sp³-hybridized carbons (Fsp3) is 0.647. The third kappa shape index (κ3) is 3.89. The molecule has 2 unspecified atom stereocenters. The van der Waals surface area contributed by atoms with E-state index in [1.54, 1.807) is 6.07 Å². The van der Waals surface area contributed by atoms with Crippen LogP contribution in [0.25, 0.3) is 0 Å². The number of phenols is 1. The lowest BCUT2D eigenvalue weighted by Gasteiger charge is -2.35. The van der Waals surface area contributed by atoms with E-state index in [1.165, 1.54) is 6.42 Å². The average Bonchev–Trinajstić information content (AvgIpc) is 2.43. The summed E-state index contributed by atoms with van der Waals surface area (Å²) in [5.74, 6) is 2.65. The minimum absolute atomic E-state index is 0.352. The molecule has 1 aliphatic heterocycles. The molecule has 3 nitrogen and oxygen atoms in total. The summed E-state index contributed by atoms with van der Waals surface area (Å²) in [6.07, 6.45) is 2.23. The van der Waals surface area contributed by atoms with Gasteiger partial charge >= 0.3 is 0 Å². The highest BCUT2D eigenvalue weighted by molar-refractivity contribution is 5.39. The smallest absolute Gasteiger partial charge is 0.123 e. The lowest BCUT2D eigenvalue weighted by Crippen LogP contribution is -2.37. The van der Waals surface area contributed by atoms with Crippen molar-refractivity contribution < 1.29 is 9.84 Å². The molecule has 2 atom stereocenters. The number of hydrogen-bond acceptors (Lipinski definition) is 3. The van der Waals surface area contributed by atoms with E-state index in [2.05, 4.69) is 25.7 Å². The molecule has 1 N–H and O–H groups in total. The van der Waals surface area contributed by atoms with E-state index in [4.69, 9.17) is 4.74 Å². The Balaban J connectivity index is 1.96. The van der Waals surface area contributed by atoms with Crippen molar-refractivity contribution in [3.05, 3.63) is 23.8 Å². The zero-order valence-electron chi connectivity index (χ0n) is 12.9. The first-order valence-electron chi connectivity index (χ1n) is 7.77. The molecule has 1 aromatic carbocycles. The summed E-state index contributed by atoms with van der Waals surface area (Å²) in [5, 5.41) is 10.1. The maximum atomic E-state index is 10.1. The number of phenolic OH excluding ortho intramolecular Hbond substituents is 1. The van der Waals surface area contributed by atoms with Gasteiger partial charge in [0.25, 0.3) is 0 Å². The molecule has 1 saturated heterocycles. The molecule has 1 fully saturated rings. The number of benzene rings is 1. The molecule has 0 bridgehead atoms. The summed E-state index contributed by atoms with van der Waals surface area (Å²) in [7, 11) is 0. The Morgan fingerprint density at radius 1 is 1.30 bits per heavy atom. The Morgan fingerprint density at radius 3 is 2.75 bits per heavy atom. The van der Waals surface area contributed by atoms with Gasteiger partial charge in [-0.05, 0) is 37.3 Å². The van der Waals surface area contributed by atoms with Gasteiger partial charge < -0.3 is 9.84 Å². The van der Waals surface area contributed by atoms with Gasteiger partial charge in [-0.2, -0.15) is 0 Å². The van der Waals surface area contributed by atoms with Crippen LogP contribution in [-0.2, 0) is 6.54 Å². The summed E-state index contributed by atoms with van der Waals surface area (Å²) < 4.78 is 5.54. The topological polar surface area (TPSA) is 32.7 Å². The van der Waals surface area contributed by atoms with Crippen LogP contribution in [0.5, 0.6) is 11.5 Å². The van der Waals surface area contributed by atoms with E-state index in [1.807, 2.05) is 12.1 Å². The number of rotatable bonds is 5. The summed E-state index contributed by atoms with van der Waals surface area (Å²) in [4.78, 5) is 2.44. The molecule has 0 radical (unpaired) electrons. The third-order valence-electron chi connectivity index (χ3n) is 4.34. The molecule has 1 aliphatic rings. The van der Waals surface area contributed by atoms with Crippen molar-refractivity contribution in [3.8, 4) is 11.5 Å². The highest BCUT2D eigenvalue weighted by Gasteiger charge is 2.23. The Morgan fingerprint density at radius 2 is 2.10 bits per heavy atom. The third-order valence-corrected chi connectivity index (χ3v) is 4.34. The maximum Gasteiger partial charge on any atom is 0.123 e. The maximum absolute atomic E-state index is 10.1. The number of piperidine rings is 1. The first-order valence-corrected chi connectivity index (χ1v) is 7.77. The molecule has 3 heteroatoms. The predicted octanol–water partition coefficient (Wildman–Crippen LogP) is 3.66. The lowest BCUT2D eigenvalue weighted by molar-refractivity contribution is 0.131. The summed E-state index contributed by atoms with van der Waals surface area (Å²) >= 11 is 0. The first-order chi connectivity index (χ1) is 9.60. The first kappa shape index (κ1) is 15.2. The van der Waals surface area contributed by atoms with E-state index in [9.17, 15) is 5.11 Å². The van der Waals surface area contributed by atoms with E-state index in [-0.39, 0.29) is 0 Å². The SMILES string of the molecule is CCCOc1ccc(CN2CCC(C)C(C)C2)c(O)c1. The fourth-order valence-electron chi connectivity index (χ4n) is 2.72. The van der Waals surface area contributed by atoms with Gasteiger partial charge in [0.05, 0.1) is 6.61 Å². The molecule has 2 rings (SSSR count). The molecule has 20 heavy (non-hydrogen) atoms. The van der Waals surface area contributed by atoms with Crippen LogP contribution in [0.2, 0.25) is 0 Å². The van der Waals surface area contributed by atoms with Gasteiger partial charge in [0.1, 0.15) is 11.5 Å². The van der Waals surface area contributed by atoms with Crippen LogP contribution in [0.1, 0.15) is 39.2 Å². The number of likely N-dealkylation sites (tertiary alicyclic amines) is 1. The van der Waals surface area contributed by atoms with E-state index < -0.39 is 0 Å². The van der Waals surface area contributed by atoms with Gasteiger partial charge in [0, 0.05) is 24.7 Å². The zero-order valence-corrected chi connectivity index (χ0v) is 12.9. The van der Waals surface area contributed by atoms with Gasteiger partial charge in [-0.3, -0.25) is 4.90 Å². The van der Waals surface area contributed by atoms with Crippen molar-refractivity contribution >= 4 is 0 Å². The Hall–Kier alpha value is -1.22. The van der Waals surface area contributed by atoms with Gasteiger partial charge in [-0.25, -0.2) is 0 Å². The average molecular weight is 277 g/mol. The van der Waals surface area contributed by atoms with Crippen molar-refractivity contribution in [2.24, 2.45) is 11.8 Å². The van der Waals surface area contributed by atoms with Crippen LogP contribution in [0.15, 0.2) is 18.2 Å². The second kappa shape index (κ2) is 6.98. The highest BCUT2D eigenvalue weighted by Crippen LogP contribution is 2.28. The summed E-state index contributed by atoms with van der Waals surface area (Å²) in [6.45, 7) is 10.5. The second-order valence-corrected chi connectivity index (χ2v) is 6.12. The van der Waals surface area contributed by atoms with Crippen molar-refractivity contribution in [1.82, 2.24) is 4.90 Å². The second-order valence-electron chi connectivity index (χ2n) is 6.12. The van der Waals surface area contributed by atoms with E-state index in [0.717, 1.165) is 49.2 Å². The van der Waals surface area contributed by atoms with Crippen molar-refractivity contribution in [2.45, 2.75) is 40.2 Å². The van der Waals surface area contributed by atoms with Crippen LogP contribution in [-0.4, -0.2) is 29.7 Å². The van der Waals surface area contributed by atoms with Gasteiger partial charge in [0.2, 0.25) is 0 Å². The van der Waals surface area contributed by atoms with Crippen molar-refractivity contribution in [1.29, 1.82) is 0 Å². The molecule has 0 saturated carbocycles. The normalized spacial score (nSPS) is 23.8. The van der Waals surface area contributed by atoms with E-state index in [0.29, 0.717) is 12.4 Å². The van der Waals surface area contributed by atoms with Crippen molar-refractivity contribution in [3.63, 3.8) is 0 Å². The van der Waals surface area contributed by atoms with Gasteiger partial charge in [0.15, 0.2) is 0 Å². The number of hydrogen-bond donors (Lipinski definition) is 1. The zero-order chi connectivity index (χ0) is 14.5. The summed E-state index contributed by atoms with van der Waals surface area (Å²) in [5.41, 5.74) is 0.996. The summed E-state index contributed by atoms with van der Waals surface area (Å²) in [6, 6.07) is 5.69. The van der Waals surface area contributed by atoms with Crippen LogP contribution in [0, 0.1) is 11.8 Å². The lowest BCUT2D eigenvalue weighted by atomic mass is 9.88. The van der Waals surface area contributed by atoms with Gasteiger partial charge in [-0.15, -0.1) is 0 Å².